The van der Waals surface area contributed by atoms with Gasteiger partial charge in [-0.3, -0.25) is 10.1 Å². The molecule has 0 aromatic heterocycles. The number of nitro benzene ring substituents is 1. The molecular weight excluding hydrogens is 259 g/mol. The SMILES string of the molecule is O=[N+]([O-])c1cccc(CCNCc2ccc(F)cc2)c1. The summed E-state index contributed by atoms with van der Waals surface area (Å²) < 4.78 is 12.7. The molecule has 20 heavy (non-hydrogen) atoms. The fourth-order valence-corrected chi connectivity index (χ4v) is 1.89. The van der Waals surface area contributed by atoms with Crippen molar-refractivity contribution < 1.29 is 9.31 Å². The molecule has 2 aromatic rings. The van der Waals surface area contributed by atoms with Crippen LogP contribution in [0.25, 0.3) is 0 Å². The second kappa shape index (κ2) is 6.77. The predicted molar refractivity (Wildman–Crippen MR) is 74.9 cm³/mol. The van der Waals surface area contributed by atoms with Crippen molar-refractivity contribution in [1.29, 1.82) is 0 Å². The molecule has 0 amide bonds. The van der Waals surface area contributed by atoms with Crippen LogP contribution in [-0.4, -0.2) is 11.5 Å². The first-order chi connectivity index (χ1) is 9.65. The van der Waals surface area contributed by atoms with Crippen LogP contribution < -0.4 is 5.32 Å². The number of non-ortho nitro benzene ring substituents is 1. The molecule has 0 unspecified atom stereocenters. The number of nitrogens with one attached hydrogen (secondary N) is 1. The van der Waals surface area contributed by atoms with Gasteiger partial charge in [-0.2, -0.15) is 0 Å². The zero-order valence-corrected chi connectivity index (χ0v) is 10.9. The summed E-state index contributed by atoms with van der Waals surface area (Å²) in [5, 5.41) is 13.9. The lowest BCUT2D eigenvalue weighted by atomic mass is 10.1. The van der Waals surface area contributed by atoms with E-state index in [9.17, 15) is 14.5 Å². The predicted octanol–water partition coefficient (Wildman–Crippen LogP) is 3.07. The van der Waals surface area contributed by atoms with Crippen molar-refractivity contribution >= 4 is 5.69 Å². The van der Waals surface area contributed by atoms with Gasteiger partial charge in [0.15, 0.2) is 0 Å². The minimum absolute atomic E-state index is 0.112. The highest BCUT2D eigenvalue weighted by molar-refractivity contribution is 5.34. The molecule has 1 N–H and O–H groups in total. The lowest BCUT2D eigenvalue weighted by Gasteiger charge is -2.05. The molecule has 0 bridgehead atoms. The van der Waals surface area contributed by atoms with E-state index in [0.717, 1.165) is 11.1 Å². The van der Waals surface area contributed by atoms with Crippen molar-refractivity contribution in [2.45, 2.75) is 13.0 Å². The topological polar surface area (TPSA) is 55.2 Å². The van der Waals surface area contributed by atoms with Gasteiger partial charge in [-0.1, -0.05) is 24.3 Å². The third kappa shape index (κ3) is 4.13. The van der Waals surface area contributed by atoms with E-state index in [4.69, 9.17) is 0 Å². The average Bonchev–Trinajstić information content (AvgIpc) is 2.46. The van der Waals surface area contributed by atoms with Crippen LogP contribution in [0.2, 0.25) is 0 Å². The molecule has 4 nitrogen and oxygen atoms in total. The molecule has 0 aliphatic heterocycles. The molecule has 0 spiro atoms. The molecule has 0 saturated heterocycles. The van der Waals surface area contributed by atoms with Crippen molar-refractivity contribution in [3.05, 3.63) is 75.6 Å². The standard InChI is InChI=1S/C15H15FN2O2/c16-14-6-4-13(5-7-14)11-17-9-8-12-2-1-3-15(10-12)18(19)20/h1-7,10,17H,8-9,11H2. The lowest BCUT2D eigenvalue weighted by Crippen LogP contribution is -2.16. The normalized spacial score (nSPS) is 10.4. The number of hydrogen-bond donors (Lipinski definition) is 1. The van der Waals surface area contributed by atoms with Crippen LogP contribution in [0.3, 0.4) is 0 Å². The van der Waals surface area contributed by atoms with Crippen LogP contribution in [0.5, 0.6) is 0 Å². The Bertz CT molecular complexity index is 585. The maximum atomic E-state index is 12.7. The Labute approximate surface area is 116 Å². The number of benzene rings is 2. The van der Waals surface area contributed by atoms with Crippen molar-refractivity contribution in [3.8, 4) is 0 Å². The second-order valence-electron chi connectivity index (χ2n) is 4.48. The summed E-state index contributed by atoms with van der Waals surface area (Å²) in [6.45, 7) is 1.35. The van der Waals surface area contributed by atoms with Crippen LogP contribution in [0, 0.1) is 15.9 Å². The van der Waals surface area contributed by atoms with Gasteiger partial charge in [-0.15, -0.1) is 0 Å². The molecule has 0 saturated carbocycles. The Balaban J connectivity index is 1.79. The number of nitrogens with zero attached hydrogens (tertiary/aromatic N) is 1. The van der Waals surface area contributed by atoms with Crippen molar-refractivity contribution in [1.82, 2.24) is 5.32 Å². The monoisotopic (exact) mass is 274 g/mol. The van der Waals surface area contributed by atoms with Gasteiger partial charge in [-0.25, -0.2) is 4.39 Å². The maximum absolute atomic E-state index is 12.7. The summed E-state index contributed by atoms with van der Waals surface area (Å²) in [6, 6.07) is 12.9. The van der Waals surface area contributed by atoms with Gasteiger partial charge in [0.1, 0.15) is 5.82 Å². The second-order valence-corrected chi connectivity index (χ2v) is 4.48. The molecule has 0 atom stereocenters. The van der Waals surface area contributed by atoms with Gasteiger partial charge in [0.05, 0.1) is 4.92 Å². The van der Waals surface area contributed by atoms with E-state index < -0.39 is 4.92 Å². The van der Waals surface area contributed by atoms with Crippen molar-refractivity contribution in [2.75, 3.05) is 6.54 Å². The summed E-state index contributed by atoms with van der Waals surface area (Å²) in [5.74, 6) is -0.245. The van der Waals surface area contributed by atoms with Gasteiger partial charge in [0.2, 0.25) is 0 Å². The zero-order valence-electron chi connectivity index (χ0n) is 10.9. The van der Waals surface area contributed by atoms with Gasteiger partial charge in [-0.05, 0) is 36.2 Å². The van der Waals surface area contributed by atoms with Crippen LogP contribution in [0.15, 0.2) is 48.5 Å². The largest absolute Gasteiger partial charge is 0.312 e. The molecule has 104 valence electrons. The summed E-state index contributed by atoms with van der Waals surface area (Å²) in [7, 11) is 0. The third-order valence-corrected chi connectivity index (χ3v) is 2.95. The Morgan fingerprint density at radius 3 is 2.55 bits per heavy atom. The van der Waals surface area contributed by atoms with E-state index in [1.165, 1.54) is 18.2 Å². The number of rotatable bonds is 6. The van der Waals surface area contributed by atoms with E-state index in [0.29, 0.717) is 19.5 Å². The maximum Gasteiger partial charge on any atom is 0.269 e. The summed E-state index contributed by atoms with van der Waals surface area (Å²) >= 11 is 0. The molecular formula is C15H15FN2O2. The van der Waals surface area contributed by atoms with Crippen molar-refractivity contribution in [3.63, 3.8) is 0 Å². The van der Waals surface area contributed by atoms with Gasteiger partial charge in [0.25, 0.3) is 5.69 Å². The number of nitro groups is 1. The van der Waals surface area contributed by atoms with E-state index in [1.807, 2.05) is 6.07 Å². The average molecular weight is 274 g/mol. The lowest BCUT2D eigenvalue weighted by molar-refractivity contribution is -0.384. The number of hydrogen-bond acceptors (Lipinski definition) is 3. The Morgan fingerprint density at radius 2 is 1.85 bits per heavy atom. The van der Waals surface area contributed by atoms with Gasteiger partial charge >= 0.3 is 0 Å². The highest BCUT2D eigenvalue weighted by Gasteiger charge is 2.05. The van der Waals surface area contributed by atoms with Crippen LogP contribution in [0.4, 0.5) is 10.1 Å². The zero-order chi connectivity index (χ0) is 14.4. The minimum Gasteiger partial charge on any atom is -0.312 e. The summed E-state index contributed by atoms with van der Waals surface area (Å²) in [6.07, 6.45) is 0.711. The van der Waals surface area contributed by atoms with Crippen LogP contribution in [0.1, 0.15) is 11.1 Å². The highest BCUT2D eigenvalue weighted by Crippen LogP contribution is 2.13. The minimum atomic E-state index is -0.393. The summed E-state index contributed by atoms with van der Waals surface area (Å²) in [5.41, 5.74) is 2.04. The van der Waals surface area contributed by atoms with Crippen molar-refractivity contribution in [2.24, 2.45) is 0 Å². The molecule has 0 aliphatic carbocycles. The van der Waals surface area contributed by atoms with Gasteiger partial charge in [0, 0.05) is 18.7 Å². The van der Waals surface area contributed by atoms with Crippen LogP contribution >= 0.6 is 0 Å². The first-order valence-corrected chi connectivity index (χ1v) is 6.33. The number of halogens is 1. The van der Waals surface area contributed by atoms with Crippen LogP contribution in [-0.2, 0) is 13.0 Å². The highest BCUT2D eigenvalue weighted by atomic mass is 19.1. The van der Waals surface area contributed by atoms with E-state index in [1.54, 1.807) is 24.3 Å². The molecule has 2 rings (SSSR count). The summed E-state index contributed by atoms with van der Waals surface area (Å²) in [4.78, 5) is 10.3. The fraction of sp³-hybridized carbons (Fsp3) is 0.200. The van der Waals surface area contributed by atoms with E-state index in [-0.39, 0.29) is 11.5 Å². The van der Waals surface area contributed by atoms with E-state index >= 15 is 0 Å². The third-order valence-electron chi connectivity index (χ3n) is 2.95. The first-order valence-electron chi connectivity index (χ1n) is 6.33. The smallest absolute Gasteiger partial charge is 0.269 e. The van der Waals surface area contributed by atoms with Gasteiger partial charge < -0.3 is 5.32 Å². The fourth-order valence-electron chi connectivity index (χ4n) is 1.89. The Kier molecular flexibility index (Phi) is 4.79. The Morgan fingerprint density at radius 1 is 1.10 bits per heavy atom. The molecule has 2 aromatic carbocycles. The molecule has 0 radical (unpaired) electrons. The Hall–Kier alpha value is -2.27. The first kappa shape index (κ1) is 14.1. The molecule has 5 heteroatoms. The molecule has 0 fully saturated rings. The molecule has 0 aliphatic rings. The van der Waals surface area contributed by atoms with E-state index in [2.05, 4.69) is 5.32 Å². The quantitative estimate of drug-likeness (QED) is 0.500. The molecule has 0 heterocycles.